The Kier molecular flexibility index (Phi) is 4.99. The summed E-state index contributed by atoms with van der Waals surface area (Å²) in [5.41, 5.74) is 0. The first kappa shape index (κ1) is 16.1. The third-order valence-electron chi connectivity index (χ3n) is 4.12. The van der Waals surface area contributed by atoms with Gasteiger partial charge in [-0.15, -0.1) is 0 Å². The lowest BCUT2D eigenvalue weighted by atomic mass is 9.91. The molecule has 2 atom stereocenters. The second kappa shape index (κ2) is 6.21. The van der Waals surface area contributed by atoms with Crippen LogP contribution in [0.5, 0.6) is 0 Å². The fourth-order valence-corrected chi connectivity index (χ4v) is 3.26. The molecule has 118 valence electrons. The number of ether oxygens (including phenoxy) is 1. The predicted octanol–water partition coefficient (Wildman–Crippen LogP) is 1.89. The van der Waals surface area contributed by atoms with E-state index in [2.05, 4.69) is 4.90 Å². The first-order valence-corrected chi connectivity index (χ1v) is 8.46. The van der Waals surface area contributed by atoms with Crippen molar-refractivity contribution in [3.63, 3.8) is 0 Å². The average molecular weight is 313 g/mol. The van der Waals surface area contributed by atoms with Gasteiger partial charge >= 0.3 is 15.4 Å². The molecule has 1 aliphatic carbocycles. The van der Waals surface area contributed by atoms with Crippen LogP contribution < -0.4 is 0 Å². The van der Waals surface area contributed by atoms with E-state index in [1.807, 2.05) is 0 Å². The minimum atomic E-state index is -5.41. The summed E-state index contributed by atoms with van der Waals surface area (Å²) in [6.07, 6.45) is 5.30. The van der Waals surface area contributed by atoms with E-state index in [0.29, 0.717) is 6.42 Å². The summed E-state index contributed by atoms with van der Waals surface area (Å²) in [6, 6.07) is 0.0865. The molecule has 0 aromatic rings. The van der Waals surface area contributed by atoms with Crippen molar-refractivity contribution in [2.75, 3.05) is 19.7 Å². The van der Waals surface area contributed by atoms with Crippen LogP contribution in [0, 0.1) is 0 Å². The van der Waals surface area contributed by atoms with E-state index >= 15 is 0 Å². The highest BCUT2D eigenvalue weighted by atomic mass is 32.2. The minimum Gasteiger partial charge on any atom is -0.369 e. The molecule has 1 saturated heterocycles. The number of hydrogen-bond donors (Lipinski definition) is 1. The van der Waals surface area contributed by atoms with Crippen LogP contribution in [0.15, 0.2) is 0 Å². The summed E-state index contributed by atoms with van der Waals surface area (Å²) >= 11 is 0. The molecule has 2 rings (SSSR count). The molecule has 0 bridgehead atoms. The quantitative estimate of drug-likeness (QED) is 0.785. The molecule has 1 N–H and O–H groups in total. The topological polar surface area (TPSA) is 66.8 Å². The zero-order valence-corrected chi connectivity index (χ0v) is 12.1. The summed E-state index contributed by atoms with van der Waals surface area (Å²) < 4.78 is 61.2. The van der Waals surface area contributed by atoms with Gasteiger partial charge in [0.25, 0.3) is 0 Å². The van der Waals surface area contributed by atoms with Gasteiger partial charge in [-0.2, -0.15) is 17.2 Å². The fourth-order valence-electron chi connectivity index (χ4n) is 3.04. The molecule has 2 unspecified atom stereocenters. The van der Waals surface area contributed by atoms with E-state index in [-0.39, 0.29) is 12.1 Å². The van der Waals surface area contributed by atoms with Gasteiger partial charge in [-0.25, -0.2) is 0 Å². The van der Waals surface area contributed by atoms with Crippen molar-refractivity contribution in [3.05, 3.63) is 0 Å². The summed E-state index contributed by atoms with van der Waals surface area (Å²) in [5, 5.41) is -4.24. The maximum atomic E-state index is 13.2. The SMILES string of the molecule is O=S(=O)(O)C(F)(F)COC1CCCCC1N1CCCC1. The molecule has 0 spiro atoms. The molecule has 0 aromatic heterocycles. The van der Waals surface area contributed by atoms with E-state index in [4.69, 9.17) is 9.29 Å². The van der Waals surface area contributed by atoms with Crippen molar-refractivity contribution >= 4 is 10.1 Å². The number of nitrogens with zero attached hydrogens (tertiary/aromatic N) is 1. The predicted molar refractivity (Wildman–Crippen MR) is 69.3 cm³/mol. The number of alkyl halides is 2. The van der Waals surface area contributed by atoms with Gasteiger partial charge in [0.2, 0.25) is 0 Å². The summed E-state index contributed by atoms with van der Waals surface area (Å²) in [6.45, 7) is 0.610. The Morgan fingerprint density at radius 3 is 2.35 bits per heavy atom. The van der Waals surface area contributed by atoms with Crippen LogP contribution in [0.4, 0.5) is 8.78 Å². The van der Waals surface area contributed by atoms with E-state index < -0.39 is 22.0 Å². The lowest BCUT2D eigenvalue weighted by Gasteiger charge is -2.38. The van der Waals surface area contributed by atoms with Crippen molar-refractivity contribution in [2.45, 2.75) is 55.9 Å². The van der Waals surface area contributed by atoms with Gasteiger partial charge in [0.05, 0.1) is 6.10 Å². The van der Waals surface area contributed by atoms with E-state index in [1.165, 1.54) is 0 Å². The van der Waals surface area contributed by atoms with Crippen LogP contribution >= 0.6 is 0 Å². The molecule has 0 amide bonds. The zero-order valence-electron chi connectivity index (χ0n) is 11.3. The van der Waals surface area contributed by atoms with Gasteiger partial charge in [-0.05, 0) is 38.8 Å². The van der Waals surface area contributed by atoms with Gasteiger partial charge in [0.15, 0.2) is 0 Å². The van der Waals surface area contributed by atoms with Crippen molar-refractivity contribution in [3.8, 4) is 0 Å². The third-order valence-corrected chi connectivity index (χ3v) is 4.99. The van der Waals surface area contributed by atoms with Crippen molar-refractivity contribution < 1.29 is 26.5 Å². The highest BCUT2D eigenvalue weighted by Crippen LogP contribution is 2.30. The van der Waals surface area contributed by atoms with Crippen LogP contribution in [-0.2, 0) is 14.9 Å². The first-order chi connectivity index (χ1) is 9.31. The molecule has 2 fully saturated rings. The average Bonchev–Trinajstić information content (AvgIpc) is 2.89. The summed E-state index contributed by atoms with van der Waals surface area (Å²) in [4.78, 5) is 2.25. The lowest BCUT2D eigenvalue weighted by Crippen LogP contribution is -2.47. The second-order valence-corrected chi connectivity index (χ2v) is 7.10. The molecule has 20 heavy (non-hydrogen) atoms. The van der Waals surface area contributed by atoms with E-state index in [1.54, 1.807) is 0 Å². The summed E-state index contributed by atoms with van der Waals surface area (Å²) in [7, 11) is -5.41. The summed E-state index contributed by atoms with van der Waals surface area (Å²) in [5.74, 6) is 0. The molecule has 1 heterocycles. The number of likely N-dealkylation sites (tertiary alicyclic amines) is 1. The Morgan fingerprint density at radius 1 is 1.15 bits per heavy atom. The normalized spacial score (nSPS) is 29.8. The maximum Gasteiger partial charge on any atom is 0.392 e. The van der Waals surface area contributed by atoms with Crippen molar-refractivity contribution in [1.82, 2.24) is 4.90 Å². The standard InChI is InChI=1S/C12H21F2NO4S/c13-12(14,20(16,17)18)9-19-11-6-2-1-5-10(11)15-7-3-4-8-15/h10-11H,1-9H2,(H,16,17,18). The lowest BCUT2D eigenvalue weighted by molar-refractivity contribution is -0.0880. The molecule has 5 nitrogen and oxygen atoms in total. The highest BCUT2D eigenvalue weighted by molar-refractivity contribution is 7.86. The molecular weight excluding hydrogens is 292 g/mol. The van der Waals surface area contributed by atoms with Gasteiger partial charge in [-0.1, -0.05) is 12.8 Å². The Bertz CT molecular complexity index is 423. The molecule has 1 saturated carbocycles. The van der Waals surface area contributed by atoms with Gasteiger partial charge in [0.1, 0.15) is 6.61 Å². The van der Waals surface area contributed by atoms with Crippen LogP contribution in [0.25, 0.3) is 0 Å². The molecule has 2 aliphatic rings. The molecule has 8 heteroatoms. The minimum absolute atomic E-state index is 0.0865. The number of halogens is 2. The Labute approximate surface area is 118 Å². The fraction of sp³-hybridized carbons (Fsp3) is 1.00. The Balaban J connectivity index is 1.95. The molecule has 1 aliphatic heterocycles. The largest absolute Gasteiger partial charge is 0.392 e. The van der Waals surface area contributed by atoms with E-state index in [0.717, 1.165) is 45.2 Å². The Hall–Kier alpha value is -0.310. The molecule has 0 aromatic carbocycles. The Morgan fingerprint density at radius 2 is 1.75 bits per heavy atom. The number of hydrogen-bond acceptors (Lipinski definition) is 4. The zero-order chi connectivity index (χ0) is 14.8. The van der Waals surface area contributed by atoms with Crippen LogP contribution in [0.2, 0.25) is 0 Å². The van der Waals surface area contributed by atoms with Crippen LogP contribution in [-0.4, -0.2) is 55.0 Å². The smallest absolute Gasteiger partial charge is 0.369 e. The number of rotatable bonds is 5. The van der Waals surface area contributed by atoms with Crippen molar-refractivity contribution in [2.24, 2.45) is 0 Å². The van der Waals surface area contributed by atoms with Crippen molar-refractivity contribution in [1.29, 1.82) is 0 Å². The van der Waals surface area contributed by atoms with Gasteiger partial charge in [0, 0.05) is 6.04 Å². The van der Waals surface area contributed by atoms with E-state index in [9.17, 15) is 17.2 Å². The van der Waals surface area contributed by atoms with Crippen LogP contribution in [0.3, 0.4) is 0 Å². The maximum absolute atomic E-state index is 13.2. The molecule has 0 radical (unpaired) electrons. The third kappa shape index (κ3) is 3.66. The van der Waals surface area contributed by atoms with Crippen LogP contribution in [0.1, 0.15) is 38.5 Å². The van der Waals surface area contributed by atoms with Gasteiger partial charge < -0.3 is 4.74 Å². The second-order valence-electron chi connectivity index (χ2n) is 5.56. The monoisotopic (exact) mass is 313 g/mol. The van der Waals surface area contributed by atoms with Gasteiger partial charge in [-0.3, -0.25) is 9.45 Å². The highest BCUT2D eigenvalue weighted by Gasteiger charge is 2.46. The first-order valence-electron chi connectivity index (χ1n) is 7.02. The molecular formula is C12H21F2NO4S.